The Kier molecular flexibility index (Phi) is 3.37. The van der Waals surface area contributed by atoms with Gasteiger partial charge in [0.25, 0.3) is 0 Å². The van der Waals surface area contributed by atoms with Crippen molar-refractivity contribution in [1.29, 1.82) is 0 Å². The molecule has 2 aliphatic heterocycles. The van der Waals surface area contributed by atoms with Gasteiger partial charge in [-0.3, -0.25) is 4.90 Å². The van der Waals surface area contributed by atoms with Gasteiger partial charge in [-0.2, -0.15) is 0 Å². The Labute approximate surface area is 155 Å². The fourth-order valence-electron chi connectivity index (χ4n) is 6.29. The average molecular weight is 355 g/mol. The molecule has 26 heavy (non-hydrogen) atoms. The summed E-state index contributed by atoms with van der Waals surface area (Å²) in [6, 6.07) is 3.91. The number of likely N-dealkylation sites (tertiary alicyclic amines) is 1. The molecule has 0 aromatic heterocycles. The molecule has 5 rings (SSSR count). The highest BCUT2D eigenvalue weighted by molar-refractivity contribution is 5.63. The van der Waals surface area contributed by atoms with E-state index < -0.39 is 11.0 Å². The van der Waals surface area contributed by atoms with Crippen molar-refractivity contribution >= 4 is 0 Å². The first-order valence-corrected chi connectivity index (χ1v) is 10.1. The third-order valence-corrected chi connectivity index (χ3v) is 7.76. The first-order chi connectivity index (χ1) is 12.4. The van der Waals surface area contributed by atoms with E-state index in [-0.39, 0.29) is 17.9 Å². The van der Waals surface area contributed by atoms with Crippen molar-refractivity contribution in [2.75, 3.05) is 13.1 Å². The molecule has 2 bridgehead atoms. The standard InChI is InChI=1S/C22H29NO3/c1-4-13(2)12-23-10-9-21-18-15-5-6-16(24)19(18)26-20(21)14(3)7-8-22(21,25)17(23)11-15/h5-6,13,17,20,24-25H,3-4,7-12H2,1-2H3/t13?,17?,20-,21-,22+/m0/s1. The molecule has 0 radical (unpaired) electrons. The van der Waals surface area contributed by atoms with Gasteiger partial charge in [0.05, 0.1) is 11.0 Å². The summed E-state index contributed by atoms with van der Waals surface area (Å²) in [7, 11) is 0. The summed E-state index contributed by atoms with van der Waals surface area (Å²) in [5.41, 5.74) is 2.12. The molecule has 4 nitrogen and oxygen atoms in total. The van der Waals surface area contributed by atoms with Crippen LogP contribution in [0.1, 0.15) is 50.7 Å². The van der Waals surface area contributed by atoms with Crippen LogP contribution in [-0.4, -0.2) is 45.9 Å². The number of nitrogens with zero attached hydrogens (tertiary/aromatic N) is 1. The van der Waals surface area contributed by atoms with Crippen molar-refractivity contribution in [1.82, 2.24) is 4.90 Å². The maximum atomic E-state index is 12.1. The van der Waals surface area contributed by atoms with Crippen LogP contribution < -0.4 is 4.74 Å². The Bertz CT molecular complexity index is 790. The zero-order valence-corrected chi connectivity index (χ0v) is 15.8. The summed E-state index contributed by atoms with van der Waals surface area (Å²) in [6.07, 6.45) is 4.17. The van der Waals surface area contributed by atoms with Gasteiger partial charge in [0, 0.05) is 18.2 Å². The lowest BCUT2D eigenvalue weighted by molar-refractivity contribution is -0.175. The number of phenols is 1. The number of rotatable bonds is 3. The SMILES string of the molecule is C=C1CC[C@@]2(O)C3Cc4ccc(O)c5c4[C@@]2(CCN3CC(C)CC)[C@H]1O5. The summed E-state index contributed by atoms with van der Waals surface area (Å²) >= 11 is 0. The maximum Gasteiger partial charge on any atom is 0.166 e. The minimum atomic E-state index is -0.809. The molecule has 0 amide bonds. The van der Waals surface area contributed by atoms with Crippen molar-refractivity contribution in [3.8, 4) is 11.5 Å². The Morgan fingerprint density at radius 2 is 2.19 bits per heavy atom. The molecule has 4 aliphatic rings. The number of aromatic hydroxyl groups is 1. The summed E-state index contributed by atoms with van der Waals surface area (Å²) in [6.45, 7) is 10.8. The molecule has 140 valence electrons. The summed E-state index contributed by atoms with van der Waals surface area (Å²) in [5.74, 6) is 1.42. The van der Waals surface area contributed by atoms with E-state index >= 15 is 0 Å². The average Bonchev–Trinajstić information content (AvgIpc) is 2.98. The van der Waals surface area contributed by atoms with Gasteiger partial charge in [0.15, 0.2) is 11.5 Å². The molecular weight excluding hydrogens is 326 g/mol. The monoisotopic (exact) mass is 355 g/mol. The summed E-state index contributed by atoms with van der Waals surface area (Å²) in [5, 5.41) is 22.6. The molecule has 4 heteroatoms. The number of phenolic OH excluding ortho intramolecular Hbond substituents is 1. The highest BCUT2D eigenvalue weighted by atomic mass is 16.5. The highest BCUT2D eigenvalue weighted by Gasteiger charge is 2.71. The smallest absolute Gasteiger partial charge is 0.166 e. The molecule has 2 aliphatic carbocycles. The van der Waals surface area contributed by atoms with Crippen LogP contribution in [-0.2, 0) is 11.8 Å². The number of benzene rings is 1. The van der Waals surface area contributed by atoms with E-state index in [1.165, 1.54) is 5.56 Å². The third kappa shape index (κ3) is 1.77. The number of hydrogen-bond acceptors (Lipinski definition) is 4. The second kappa shape index (κ2) is 5.26. The van der Waals surface area contributed by atoms with Crippen LogP contribution in [0, 0.1) is 5.92 Å². The number of ether oxygens (including phenoxy) is 1. The topological polar surface area (TPSA) is 52.9 Å². The molecule has 1 aromatic rings. The minimum Gasteiger partial charge on any atom is -0.504 e. The normalized spacial score (nSPS) is 38.7. The third-order valence-electron chi connectivity index (χ3n) is 7.76. The molecule has 1 spiro atoms. The van der Waals surface area contributed by atoms with Crippen LogP contribution in [0.15, 0.2) is 24.3 Å². The lowest BCUT2D eigenvalue weighted by Gasteiger charge is -2.63. The molecule has 2 N–H and O–H groups in total. The number of hydrogen-bond donors (Lipinski definition) is 2. The van der Waals surface area contributed by atoms with Crippen LogP contribution in [0.25, 0.3) is 0 Å². The number of piperidine rings is 1. The quantitative estimate of drug-likeness (QED) is 0.818. The van der Waals surface area contributed by atoms with E-state index in [2.05, 4.69) is 25.3 Å². The fraction of sp³-hybridized carbons (Fsp3) is 0.636. The van der Waals surface area contributed by atoms with Gasteiger partial charge in [-0.1, -0.05) is 32.9 Å². The van der Waals surface area contributed by atoms with Crippen molar-refractivity contribution in [2.24, 2.45) is 5.92 Å². The zero-order chi connectivity index (χ0) is 18.3. The first-order valence-electron chi connectivity index (χ1n) is 10.1. The van der Waals surface area contributed by atoms with Gasteiger partial charge in [-0.15, -0.1) is 0 Å². The Balaban J connectivity index is 1.70. The van der Waals surface area contributed by atoms with Crippen LogP contribution in [0.5, 0.6) is 11.5 Å². The lowest BCUT2D eigenvalue weighted by atomic mass is 9.48. The van der Waals surface area contributed by atoms with Crippen LogP contribution in [0.2, 0.25) is 0 Å². The van der Waals surface area contributed by atoms with E-state index in [0.717, 1.165) is 56.3 Å². The second-order valence-electron chi connectivity index (χ2n) is 8.98. The first kappa shape index (κ1) is 16.6. The predicted molar refractivity (Wildman–Crippen MR) is 101 cm³/mol. The highest BCUT2D eigenvalue weighted by Crippen LogP contribution is 2.66. The Morgan fingerprint density at radius 3 is 2.96 bits per heavy atom. The van der Waals surface area contributed by atoms with E-state index in [1.54, 1.807) is 6.07 Å². The summed E-state index contributed by atoms with van der Waals surface area (Å²) < 4.78 is 6.30. The van der Waals surface area contributed by atoms with Crippen LogP contribution >= 0.6 is 0 Å². The molecule has 5 atom stereocenters. The molecule has 2 heterocycles. The minimum absolute atomic E-state index is 0.118. The largest absolute Gasteiger partial charge is 0.504 e. The van der Waals surface area contributed by atoms with E-state index in [1.807, 2.05) is 6.07 Å². The number of aliphatic hydroxyl groups is 1. The van der Waals surface area contributed by atoms with E-state index in [4.69, 9.17) is 4.74 Å². The Hall–Kier alpha value is -1.52. The van der Waals surface area contributed by atoms with Gasteiger partial charge < -0.3 is 14.9 Å². The van der Waals surface area contributed by atoms with Crippen LogP contribution in [0.3, 0.4) is 0 Å². The van der Waals surface area contributed by atoms with E-state index in [9.17, 15) is 10.2 Å². The van der Waals surface area contributed by atoms with Gasteiger partial charge in [-0.05, 0) is 55.3 Å². The van der Waals surface area contributed by atoms with Gasteiger partial charge >= 0.3 is 0 Å². The van der Waals surface area contributed by atoms with Gasteiger partial charge in [0.1, 0.15) is 6.10 Å². The lowest BCUT2D eigenvalue weighted by Crippen LogP contribution is -2.75. The fourth-order valence-corrected chi connectivity index (χ4v) is 6.29. The summed E-state index contributed by atoms with van der Waals surface area (Å²) in [4.78, 5) is 2.53. The molecule has 1 saturated carbocycles. The van der Waals surface area contributed by atoms with E-state index in [0.29, 0.717) is 11.7 Å². The predicted octanol–water partition coefficient (Wildman–Crippen LogP) is 3.15. The zero-order valence-electron chi connectivity index (χ0n) is 15.8. The molecule has 1 saturated heterocycles. The maximum absolute atomic E-state index is 12.1. The van der Waals surface area contributed by atoms with Crippen molar-refractivity contribution < 1.29 is 14.9 Å². The molecule has 1 aromatic carbocycles. The van der Waals surface area contributed by atoms with Gasteiger partial charge in [-0.25, -0.2) is 0 Å². The molecular formula is C22H29NO3. The molecule has 2 fully saturated rings. The van der Waals surface area contributed by atoms with Crippen molar-refractivity contribution in [3.05, 3.63) is 35.4 Å². The van der Waals surface area contributed by atoms with Crippen molar-refractivity contribution in [3.63, 3.8) is 0 Å². The van der Waals surface area contributed by atoms with Gasteiger partial charge in [0.2, 0.25) is 0 Å². The van der Waals surface area contributed by atoms with Crippen LogP contribution in [0.4, 0.5) is 0 Å². The second-order valence-corrected chi connectivity index (χ2v) is 8.98. The Morgan fingerprint density at radius 1 is 1.38 bits per heavy atom. The van der Waals surface area contributed by atoms with Crippen molar-refractivity contribution in [2.45, 2.75) is 69.1 Å². The molecule has 2 unspecified atom stereocenters.